The lowest BCUT2D eigenvalue weighted by Gasteiger charge is -2.29. The molecule has 1 fully saturated rings. The first kappa shape index (κ1) is 22.2. The number of nitrogens with two attached hydrogens (primary N) is 1. The fourth-order valence-electron chi connectivity index (χ4n) is 3.89. The van der Waals surface area contributed by atoms with Gasteiger partial charge in [0.05, 0.1) is 44.3 Å². The smallest absolute Gasteiger partial charge is 0.245 e. The van der Waals surface area contributed by atoms with E-state index in [0.29, 0.717) is 32.3 Å². The average molecular weight is 438 g/mol. The minimum Gasteiger partial charge on any atom is -0.378 e. The number of fused-ring (bicyclic) bond motifs is 1. The highest BCUT2D eigenvalue weighted by Gasteiger charge is 2.33. The molecule has 9 heteroatoms. The molecule has 0 radical (unpaired) electrons. The number of carbonyl (C=O) groups excluding carboxylic acids is 1. The number of aryl methyl sites for hydroxylation is 1. The van der Waals surface area contributed by atoms with Crippen LogP contribution < -0.4 is 16.1 Å². The summed E-state index contributed by atoms with van der Waals surface area (Å²) in [6.07, 6.45) is 1.75. The molecule has 0 bridgehead atoms. The van der Waals surface area contributed by atoms with E-state index in [-0.39, 0.29) is 11.8 Å². The molecule has 0 spiro atoms. The second-order valence-corrected chi connectivity index (χ2v) is 8.64. The van der Waals surface area contributed by atoms with Gasteiger partial charge >= 0.3 is 0 Å². The Morgan fingerprint density at radius 2 is 2.03 bits per heavy atom. The van der Waals surface area contributed by atoms with E-state index in [2.05, 4.69) is 26.5 Å². The van der Waals surface area contributed by atoms with E-state index in [9.17, 15) is 4.79 Å². The molecule has 4 rings (SSSR count). The van der Waals surface area contributed by atoms with Crippen LogP contribution in [0.5, 0.6) is 0 Å². The fraction of sp³-hybridized carbons (Fsp3) is 0.478. The van der Waals surface area contributed by atoms with Crippen molar-refractivity contribution in [1.82, 2.24) is 14.9 Å². The van der Waals surface area contributed by atoms with Crippen molar-refractivity contribution in [3.63, 3.8) is 0 Å². The zero-order valence-corrected chi connectivity index (χ0v) is 18.9. The first-order valence-corrected chi connectivity index (χ1v) is 11.0. The summed E-state index contributed by atoms with van der Waals surface area (Å²) in [7, 11) is 0. The number of anilines is 2. The van der Waals surface area contributed by atoms with Crippen molar-refractivity contribution < 1.29 is 9.53 Å². The molecule has 170 valence electrons. The third-order valence-electron chi connectivity index (χ3n) is 5.81. The van der Waals surface area contributed by atoms with Crippen LogP contribution in [0.3, 0.4) is 0 Å². The van der Waals surface area contributed by atoms with Crippen molar-refractivity contribution in [3.8, 4) is 0 Å². The quantitative estimate of drug-likeness (QED) is 0.525. The predicted octanol–water partition coefficient (Wildman–Crippen LogP) is 1.89. The molecule has 0 saturated carbocycles. The third-order valence-corrected chi connectivity index (χ3v) is 5.81. The van der Waals surface area contributed by atoms with Crippen LogP contribution in [-0.4, -0.2) is 59.3 Å². The van der Waals surface area contributed by atoms with E-state index >= 15 is 0 Å². The molecule has 2 aliphatic heterocycles. The van der Waals surface area contributed by atoms with Gasteiger partial charge in [-0.1, -0.05) is 43.7 Å². The number of carbonyl (C=O) groups is 1. The van der Waals surface area contributed by atoms with E-state index in [1.165, 1.54) is 5.56 Å². The number of rotatable bonds is 6. The fourth-order valence-corrected chi connectivity index (χ4v) is 3.89. The van der Waals surface area contributed by atoms with Gasteiger partial charge in [-0.2, -0.15) is 10.1 Å². The van der Waals surface area contributed by atoms with Gasteiger partial charge in [-0.3, -0.25) is 4.79 Å². The monoisotopic (exact) mass is 437 g/mol. The Labute approximate surface area is 188 Å². The van der Waals surface area contributed by atoms with Gasteiger partial charge in [-0.15, -0.1) is 0 Å². The van der Waals surface area contributed by atoms with Gasteiger partial charge in [0.25, 0.3) is 0 Å². The van der Waals surface area contributed by atoms with Crippen LogP contribution in [0.25, 0.3) is 0 Å². The number of amides is 1. The summed E-state index contributed by atoms with van der Waals surface area (Å²) in [4.78, 5) is 26.2. The van der Waals surface area contributed by atoms with Crippen LogP contribution in [0.2, 0.25) is 0 Å². The van der Waals surface area contributed by atoms with Crippen molar-refractivity contribution in [2.75, 3.05) is 36.6 Å². The molecular weight excluding hydrogens is 406 g/mol. The van der Waals surface area contributed by atoms with Crippen molar-refractivity contribution in [2.45, 2.75) is 39.9 Å². The maximum atomic E-state index is 12.9. The van der Waals surface area contributed by atoms with Crippen molar-refractivity contribution >= 4 is 23.9 Å². The minimum absolute atomic E-state index is 0.0575. The van der Waals surface area contributed by atoms with Gasteiger partial charge in [-0.25, -0.2) is 10.4 Å². The van der Waals surface area contributed by atoms with E-state index in [1.807, 2.05) is 39.0 Å². The lowest BCUT2D eigenvalue weighted by atomic mass is 10.0. The van der Waals surface area contributed by atoms with E-state index < -0.39 is 6.04 Å². The average Bonchev–Trinajstić information content (AvgIpc) is 3.22. The second-order valence-electron chi connectivity index (χ2n) is 8.64. The number of hydrogen-bond acceptors (Lipinski definition) is 8. The number of hydrazone groups is 1. The molecule has 1 amide bonds. The minimum atomic E-state index is -0.527. The van der Waals surface area contributed by atoms with Crippen LogP contribution in [0.1, 0.15) is 36.2 Å². The lowest BCUT2D eigenvalue weighted by Crippen LogP contribution is -2.44. The van der Waals surface area contributed by atoms with E-state index in [0.717, 1.165) is 35.7 Å². The van der Waals surface area contributed by atoms with Crippen LogP contribution in [-0.2, 0) is 22.6 Å². The SMILES string of the molecule is Cc1cccc(/C=N/Nc2nc3c(c(N4CCOCC4)n2)CN(C(=O)[C@H](N)C(C)C)C3)c1. The third kappa shape index (κ3) is 4.89. The van der Waals surface area contributed by atoms with Gasteiger partial charge in [0, 0.05) is 18.7 Å². The summed E-state index contributed by atoms with van der Waals surface area (Å²) in [5.41, 5.74) is 13.1. The number of nitrogens with zero attached hydrogens (tertiary/aromatic N) is 5. The Morgan fingerprint density at radius 3 is 2.75 bits per heavy atom. The molecule has 3 N–H and O–H groups in total. The van der Waals surface area contributed by atoms with E-state index in [4.69, 9.17) is 15.5 Å². The molecular formula is C23H31N7O2. The molecule has 2 aliphatic rings. The van der Waals surface area contributed by atoms with E-state index in [1.54, 1.807) is 11.1 Å². The number of nitrogens with one attached hydrogen (secondary N) is 1. The highest BCUT2D eigenvalue weighted by atomic mass is 16.5. The normalized spacial score (nSPS) is 17.2. The molecule has 1 saturated heterocycles. The van der Waals surface area contributed by atoms with Crippen LogP contribution in [0.4, 0.5) is 11.8 Å². The Bertz CT molecular complexity index is 1000. The van der Waals surface area contributed by atoms with Crippen molar-refractivity contribution in [2.24, 2.45) is 16.8 Å². The standard InChI is InChI=1S/C23H31N7O2/c1-15(2)20(24)22(31)30-13-18-19(14-30)26-23(27-21(18)29-7-9-32-10-8-29)28-25-12-17-6-4-5-16(3)11-17/h4-6,11-12,15,20H,7-10,13-14,24H2,1-3H3,(H,26,27,28)/b25-12+/t20-/m1/s1. The van der Waals surface area contributed by atoms with Gasteiger partial charge in [-0.05, 0) is 18.4 Å². The Hall–Kier alpha value is -3.04. The second kappa shape index (κ2) is 9.62. The summed E-state index contributed by atoms with van der Waals surface area (Å²) in [5.74, 6) is 1.26. The molecule has 3 heterocycles. The molecule has 0 aliphatic carbocycles. The van der Waals surface area contributed by atoms with Crippen LogP contribution in [0, 0.1) is 12.8 Å². The molecule has 2 aromatic rings. The van der Waals surface area contributed by atoms with Gasteiger partial charge < -0.3 is 20.3 Å². The highest BCUT2D eigenvalue weighted by molar-refractivity contribution is 5.83. The maximum absolute atomic E-state index is 12.9. The molecule has 1 aromatic heterocycles. The molecule has 1 aromatic carbocycles. The Morgan fingerprint density at radius 1 is 1.25 bits per heavy atom. The predicted molar refractivity (Wildman–Crippen MR) is 125 cm³/mol. The summed E-state index contributed by atoms with van der Waals surface area (Å²) in [6.45, 7) is 9.63. The summed E-state index contributed by atoms with van der Waals surface area (Å²) < 4.78 is 5.51. The van der Waals surface area contributed by atoms with Crippen molar-refractivity contribution in [3.05, 3.63) is 46.6 Å². The number of morpholine rings is 1. The van der Waals surface area contributed by atoms with Gasteiger partial charge in [0.2, 0.25) is 11.9 Å². The summed E-state index contributed by atoms with van der Waals surface area (Å²) in [5, 5.41) is 4.33. The molecule has 32 heavy (non-hydrogen) atoms. The molecule has 9 nitrogen and oxygen atoms in total. The molecule has 1 atom stereocenters. The topological polar surface area (TPSA) is 109 Å². The number of ether oxygens (including phenoxy) is 1. The maximum Gasteiger partial charge on any atom is 0.245 e. The summed E-state index contributed by atoms with van der Waals surface area (Å²) >= 11 is 0. The number of benzene rings is 1. The van der Waals surface area contributed by atoms with Crippen molar-refractivity contribution in [1.29, 1.82) is 0 Å². The van der Waals surface area contributed by atoms with Crippen LogP contribution in [0.15, 0.2) is 29.4 Å². The lowest BCUT2D eigenvalue weighted by molar-refractivity contribution is -0.134. The zero-order valence-electron chi connectivity index (χ0n) is 18.9. The first-order valence-electron chi connectivity index (χ1n) is 11.0. The van der Waals surface area contributed by atoms with Gasteiger partial charge in [0.1, 0.15) is 5.82 Å². The van der Waals surface area contributed by atoms with Crippen LogP contribution >= 0.6 is 0 Å². The summed E-state index contributed by atoms with van der Waals surface area (Å²) in [6, 6.07) is 7.55. The zero-order chi connectivity index (χ0) is 22.7. The van der Waals surface area contributed by atoms with Gasteiger partial charge in [0.15, 0.2) is 0 Å². The Kier molecular flexibility index (Phi) is 6.66. The highest BCUT2D eigenvalue weighted by Crippen LogP contribution is 2.31. The molecule has 0 unspecified atom stereocenters. The largest absolute Gasteiger partial charge is 0.378 e. The first-order chi connectivity index (χ1) is 15.4. The number of aromatic nitrogens is 2. The Balaban J connectivity index is 1.58. The number of hydrogen-bond donors (Lipinski definition) is 2.